The molecular weight excluding hydrogens is 227 g/mol. The van der Waals surface area contributed by atoms with E-state index in [2.05, 4.69) is 26.0 Å². The number of aromatic nitrogens is 3. The molecule has 6 heteroatoms. The number of hydrogen-bond acceptors (Lipinski definition) is 5. The lowest BCUT2D eigenvalue weighted by Gasteiger charge is -2.03. The van der Waals surface area contributed by atoms with Crippen molar-refractivity contribution in [2.24, 2.45) is 0 Å². The summed E-state index contributed by atoms with van der Waals surface area (Å²) in [6, 6.07) is 1.60. The van der Waals surface area contributed by atoms with Crippen LogP contribution in [0.1, 0.15) is 13.3 Å². The molecule has 0 aliphatic carbocycles. The fourth-order valence-electron chi connectivity index (χ4n) is 1.29. The number of nitrogens with one attached hydrogen (secondary N) is 1. The van der Waals surface area contributed by atoms with Crippen LogP contribution in [0.5, 0.6) is 0 Å². The molecule has 0 aliphatic rings. The third-order valence-corrected chi connectivity index (χ3v) is 2.59. The first-order valence-electron chi connectivity index (χ1n) is 4.99. The van der Waals surface area contributed by atoms with Gasteiger partial charge in [-0.2, -0.15) is 8.75 Å². The summed E-state index contributed by atoms with van der Waals surface area (Å²) in [5.74, 6) is 0.256. The second kappa shape index (κ2) is 4.98. The molecule has 2 heterocycles. The van der Waals surface area contributed by atoms with E-state index in [9.17, 15) is 4.39 Å². The Balaban J connectivity index is 2.33. The van der Waals surface area contributed by atoms with Crippen molar-refractivity contribution in [3.63, 3.8) is 0 Å². The second-order valence-electron chi connectivity index (χ2n) is 3.24. The number of halogens is 1. The fraction of sp³-hybridized carbons (Fsp3) is 0.300. The maximum absolute atomic E-state index is 13.5. The van der Waals surface area contributed by atoms with Crippen LogP contribution in [0.2, 0.25) is 0 Å². The van der Waals surface area contributed by atoms with Crippen LogP contribution in [0.15, 0.2) is 18.5 Å². The number of hydrogen-bond donors (Lipinski definition) is 1. The number of pyridine rings is 1. The van der Waals surface area contributed by atoms with Gasteiger partial charge in [-0.15, -0.1) is 0 Å². The van der Waals surface area contributed by atoms with Crippen molar-refractivity contribution in [2.45, 2.75) is 13.3 Å². The fourth-order valence-corrected chi connectivity index (χ4v) is 1.83. The standard InChI is InChI=1S/C10H11FN4S/c1-2-4-13-10-9(14-16-15-10)7-3-5-12-6-8(7)11/h3,5-6H,2,4H2,1H3,(H,13,15). The molecule has 0 fully saturated rings. The van der Waals surface area contributed by atoms with E-state index in [0.29, 0.717) is 17.1 Å². The molecule has 4 nitrogen and oxygen atoms in total. The van der Waals surface area contributed by atoms with E-state index in [1.807, 2.05) is 0 Å². The summed E-state index contributed by atoms with van der Waals surface area (Å²) < 4.78 is 21.7. The van der Waals surface area contributed by atoms with Gasteiger partial charge in [0.15, 0.2) is 11.6 Å². The van der Waals surface area contributed by atoms with Gasteiger partial charge >= 0.3 is 0 Å². The Bertz CT molecular complexity index is 471. The molecule has 0 bridgehead atoms. The summed E-state index contributed by atoms with van der Waals surface area (Å²) in [4.78, 5) is 3.71. The molecule has 0 unspecified atom stereocenters. The van der Waals surface area contributed by atoms with Crippen LogP contribution in [-0.4, -0.2) is 20.3 Å². The number of nitrogens with zero attached hydrogens (tertiary/aromatic N) is 3. The van der Waals surface area contributed by atoms with Crippen molar-refractivity contribution in [3.8, 4) is 11.3 Å². The predicted octanol–water partition coefficient (Wildman–Crippen LogP) is 2.56. The van der Waals surface area contributed by atoms with Crippen LogP contribution in [0.4, 0.5) is 10.2 Å². The Morgan fingerprint density at radius 2 is 2.31 bits per heavy atom. The third kappa shape index (κ3) is 2.16. The molecule has 0 amide bonds. The molecule has 2 rings (SSSR count). The first kappa shape index (κ1) is 10.9. The zero-order valence-corrected chi connectivity index (χ0v) is 9.59. The predicted molar refractivity (Wildman–Crippen MR) is 61.9 cm³/mol. The average Bonchev–Trinajstić information content (AvgIpc) is 2.75. The third-order valence-electron chi connectivity index (χ3n) is 2.06. The molecule has 2 aromatic heterocycles. The maximum Gasteiger partial charge on any atom is 0.168 e. The Hall–Kier alpha value is -1.56. The molecule has 0 aliphatic heterocycles. The zero-order chi connectivity index (χ0) is 11.4. The van der Waals surface area contributed by atoms with Crippen LogP contribution in [-0.2, 0) is 0 Å². The van der Waals surface area contributed by atoms with E-state index in [1.165, 1.54) is 6.20 Å². The Morgan fingerprint density at radius 3 is 3.06 bits per heavy atom. The summed E-state index contributed by atoms with van der Waals surface area (Å²) in [5, 5.41) is 3.12. The lowest BCUT2D eigenvalue weighted by Crippen LogP contribution is -2.01. The summed E-state index contributed by atoms with van der Waals surface area (Å²) in [7, 11) is 0. The van der Waals surface area contributed by atoms with Crippen LogP contribution in [0.25, 0.3) is 11.3 Å². The molecule has 1 N–H and O–H groups in total. The van der Waals surface area contributed by atoms with Gasteiger partial charge < -0.3 is 5.32 Å². The topological polar surface area (TPSA) is 50.7 Å². The van der Waals surface area contributed by atoms with Crippen LogP contribution < -0.4 is 5.32 Å². The van der Waals surface area contributed by atoms with Gasteiger partial charge in [-0.05, 0) is 12.5 Å². The largest absolute Gasteiger partial charge is 0.367 e. The average molecular weight is 238 g/mol. The molecule has 0 radical (unpaired) electrons. The summed E-state index contributed by atoms with van der Waals surface area (Å²) in [6.07, 6.45) is 3.70. The van der Waals surface area contributed by atoms with Crippen molar-refractivity contribution in [3.05, 3.63) is 24.3 Å². The van der Waals surface area contributed by atoms with E-state index in [-0.39, 0.29) is 5.82 Å². The molecule has 0 spiro atoms. The molecule has 0 atom stereocenters. The molecule has 16 heavy (non-hydrogen) atoms. The number of rotatable bonds is 4. The van der Waals surface area contributed by atoms with Gasteiger partial charge in [-0.25, -0.2) is 4.39 Å². The lowest BCUT2D eigenvalue weighted by molar-refractivity contribution is 0.624. The van der Waals surface area contributed by atoms with Gasteiger partial charge in [-0.1, -0.05) is 6.92 Å². The van der Waals surface area contributed by atoms with Crippen molar-refractivity contribution in [1.29, 1.82) is 0 Å². The van der Waals surface area contributed by atoms with E-state index >= 15 is 0 Å². The molecule has 0 saturated heterocycles. The first-order valence-corrected chi connectivity index (χ1v) is 5.72. The van der Waals surface area contributed by atoms with Crippen LogP contribution in [0, 0.1) is 5.82 Å². The smallest absolute Gasteiger partial charge is 0.168 e. The second-order valence-corrected chi connectivity index (χ2v) is 3.77. The maximum atomic E-state index is 13.5. The van der Waals surface area contributed by atoms with Gasteiger partial charge in [0.2, 0.25) is 0 Å². The van der Waals surface area contributed by atoms with Crippen molar-refractivity contribution >= 4 is 17.5 Å². The van der Waals surface area contributed by atoms with E-state index in [0.717, 1.165) is 24.7 Å². The Labute approximate surface area is 96.9 Å². The first-order chi connectivity index (χ1) is 7.83. The van der Waals surface area contributed by atoms with Crippen LogP contribution in [0.3, 0.4) is 0 Å². The van der Waals surface area contributed by atoms with Crippen molar-refractivity contribution < 1.29 is 4.39 Å². The van der Waals surface area contributed by atoms with Gasteiger partial charge in [0, 0.05) is 18.3 Å². The molecule has 2 aromatic rings. The monoisotopic (exact) mass is 238 g/mol. The van der Waals surface area contributed by atoms with Gasteiger partial charge in [0.25, 0.3) is 0 Å². The van der Waals surface area contributed by atoms with Crippen molar-refractivity contribution in [1.82, 2.24) is 13.7 Å². The van der Waals surface area contributed by atoms with E-state index < -0.39 is 0 Å². The van der Waals surface area contributed by atoms with Crippen molar-refractivity contribution in [2.75, 3.05) is 11.9 Å². The molecule has 0 aromatic carbocycles. The van der Waals surface area contributed by atoms with E-state index in [4.69, 9.17) is 0 Å². The highest BCUT2D eigenvalue weighted by Gasteiger charge is 2.13. The highest BCUT2D eigenvalue weighted by Crippen LogP contribution is 2.27. The van der Waals surface area contributed by atoms with E-state index in [1.54, 1.807) is 12.3 Å². The minimum Gasteiger partial charge on any atom is -0.367 e. The number of anilines is 1. The summed E-state index contributed by atoms with van der Waals surface area (Å²) in [5.41, 5.74) is 0.987. The Kier molecular flexibility index (Phi) is 3.40. The minimum atomic E-state index is -0.380. The normalized spacial score (nSPS) is 10.4. The SMILES string of the molecule is CCCNc1nsnc1-c1ccncc1F. The molecule has 0 saturated carbocycles. The van der Waals surface area contributed by atoms with Crippen LogP contribution >= 0.6 is 11.7 Å². The molecule has 84 valence electrons. The summed E-state index contributed by atoms with van der Waals surface area (Å²) in [6.45, 7) is 2.85. The van der Waals surface area contributed by atoms with Gasteiger partial charge in [0.05, 0.1) is 17.9 Å². The highest BCUT2D eigenvalue weighted by molar-refractivity contribution is 6.99. The summed E-state index contributed by atoms with van der Waals surface area (Å²) >= 11 is 1.07. The van der Waals surface area contributed by atoms with Gasteiger partial charge in [0.1, 0.15) is 5.69 Å². The lowest BCUT2D eigenvalue weighted by atomic mass is 10.2. The minimum absolute atomic E-state index is 0.380. The Morgan fingerprint density at radius 1 is 1.44 bits per heavy atom. The quantitative estimate of drug-likeness (QED) is 0.889. The molecular formula is C10H11FN4S. The zero-order valence-electron chi connectivity index (χ0n) is 8.77. The highest BCUT2D eigenvalue weighted by atomic mass is 32.1. The van der Waals surface area contributed by atoms with Gasteiger partial charge in [-0.3, -0.25) is 4.98 Å².